The quantitative estimate of drug-likeness (QED) is 0.877. The summed E-state index contributed by atoms with van der Waals surface area (Å²) in [6.45, 7) is 6.28. The Hall–Kier alpha value is -2.63. The molecule has 2 amide bonds. The Balaban J connectivity index is 1.62. The minimum absolute atomic E-state index is 0.103. The number of likely N-dealkylation sites (tertiary alicyclic amines) is 1. The van der Waals surface area contributed by atoms with E-state index in [0.29, 0.717) is 18.5 Å². The number of nitrogens with zero attached hydrogens (tertiary/aromatic N) is 3. The molecule has 0 spiro atoms. The third-order valence-electron chi connectivity index (χ3n) is 4.48. The van der Waals surface area contributed by atoms with Crippen LogP contribution >= 0.6 is 0 Å². The van der Waals surface area contributed by atoms with Crippen LogP contribution < -0.4 is 5.32 Å². The molecular formula is C19H24N4O2. The molecule has 132 valence electrons. The van der Waals surface area contributed by atoms with Crippen LogP contribution in [0.2, 0.25) is 0 Å². The molecule has 1 aliphatic rings. The van der Waals surface area contributed by atoms with Gasteiger partial charge in [-0.25, -0.2) is 0 Å². The summed E-state index contributed by atoms with van der Waals surface area (Å²) in [5, 5.41) is 7.24. The van der Waals surface area contributed by atoms with Gasteiger partial charge in [-0.05, 0) is 31.0 Å². The lowest BCUT2D eigenvalue weighted by Gasteiger charge is -2.16. The number of carbonyl (C=O) groups excluding carboxylic acids is 2. The van der Waals surface area contributed by atoms with Crippen molar-refractivity contribution in [1.82, 2.24) is 20.0 Å². The highest BCUT2D eigenvalue weighted by molar-refractivity contribution is 5.95. The molecule has 0 bridgehead atoms. The second-order valence-electron chi connectivity index (χ2n) is 6.38. The number of benzene rings is 1. The smallest absolute Gasteiger partial charge is 0.251 e. The Morgan fingerprint density at radius 2 is 2.00 bits per heavy atom. The van der Waals surface area contributed by atoms with Crippen LogP contribution in [0.4, 0.5) is 0 Å². The maximum Gasteiger partial charge on any atom is 0.251 e. The first-order chi connectivity index (χ1) is 12.1. The molecule has 0 radical (unpaired) electrons. The predicted octanol–water partition coefficient (Wildman–Crippen LogP) is 2.31. The molecule has 1 aliphatic heterocycles. The molecule has 1 aromatic heterocycles. The second-order valence-corrected chi connectivity index (χ2v) is 6.38. The van der Waals surface area contributed by atoms with E-state index in [4.69, 9.17) is 0 Å². The Labute approximate surface area is 147 Å². The van der Waals surface area contributed by atoms with Gasteiger partial charge in [-0.3, -0.25) is 14.3 Å². The van der Waals surface area contributed by atoms with E-state index < -0.39 is 0 Å². The van der Waals surface area contributed by atoms with Crippen molar-refractivity contribution in [3.63, 3.8) is 0 Å². The number of aromatic nitrogens is 2. The van der Waals surface area contributed by atoms with E-state index >= 15 is 0 Å². The normalized spacial score (nSPS) is 17.1. The first kappa shape index (κ1) is 17.2. The van der Waals surface area contributed by atoms with Crippen LogP contribution in [0.25, 0.3) is 11.1 Å². The fourth-order valence-electron chi connectivity index (χ4n) is 3.12. The van der Waals surface area contributed by atoms with Gasteiger partial charge in [0.15, 0.2) is 0 Å². The maximum absolute atomic E-state index is 12.4. The topological polar surface area (TPSA) is 67.2 Å². The van der Waals surface area contributed by atoms with Gasteiger partial charge in [-0.2, -0.15) is 5.10 Å². The molecule has 1 atom stereocenters. The maximum atomic E-state index is 12.4. The summed E-state index contributed by atoms with van der Waals surface area (Å²) in [5.74, 6) is -0.0117. The molecular weight excluding hydrogens is 316 g/mol. The summed E-state index contributed by atoms with van der Waals surface area (Å²) in [6.07, 6.45) is 5.13. The first-order valence-electron chi connectivity index (χ1n) is 8.82. The zero-order valence-corrected chi connectivity index (χ0v) is 14.7. The van der Waals surface area contributed by atoms with Gasteiger partial charge in [-0.15, -0.1) is 0 Å². The molecule has 1 fully saturated rings. The highest BCUT2D eigenvalue weighted by Crippen LogP contribution is 2.19. The predicted molar refractivity (Wildman–Crippen MR) is 96.1 cm³/mol. The van der Waals surface area contributed by atoms with Crippen molar-refractivity contribution in [3.05, 3.63) is 42.2 Å². The zero-order chi connectivity index (χ0) is 17.8. The van der Waals surface area contributed by atoms with E-state index in [1.54, 1.807) is 0 Å². The highest BCUT2D eigenvalue weighted by atomic mass is 16.2. The van der Waals surface area contributed by atoms with Crippen LogP contribution in [0.15, 0.2) is 36.7 Å². The van der Waals surface area contributed by atoms with Gasteiger partial charge in [-0.1, -0.05) is 19.1 Å². The lowest BCUT2D eigenvalue weighted by Crippen LogP contribution is -2.37. The van der Waals surface area contributed by atoms with Crippen molar-refractivity contribution in [2.75, 3.05) is 13.1 Å². The van der Waals surface area contributed by atoms with Crippen LogP contribution in [-0.4, -0.2) is 45.6 Å². The van der Waals surface area contributed by atoms with Crippen molar-refractivity contribution in [2.24, 2.45) is 0 Å². The van der Waals surface area contributed by atoms with Gasteiger partial charge in [0.05, 0.1) is 12.2 Å². The SMILES string of the molecule is CCCN1C[C@H](NC(=O)c2ccc(-c3cnn(CC)c3)cc2)CC1=O. The number of amides is 2. The third-order valence-corrected chi connectivity index (χ3v) is 4.48. The molecule has 6 nitrogen and oxygen atoms in total. The van der Waals surface area contributed by atoms with E-state index in [1.807, 2.05) is 60.1 Å². The zero-order valence-electron chi connectivity index (χ0n) is 14.7. The van der Waals surface area contributed by atoms with Crippen molar-refractivity contribution >= 4 is 11.8 Å². The van der Waals surface area contributed by atoms with Crippen LogP contribution in [-0.2, 0) is 11.3 Å². The van der Waals surface area contributed by atoms with Crippen LogP contribution in [0.5, 0.6) is 0 Å². The van der Waals surface area contributed by atoms with Crippen molar-refractivity contribution in [1.29, 1.82) is 0 Å². The average molecular weight is 340 g/mol. The van der Waals surface area contributed by atoms with Crippen molar-refractivity contribution in [2.45, 2.75) is 39.3 Å². The minimum atomic E-state index is -0.132. The van der Waals surface area contributed by atoms with Gasteiger partial charge in [0.25, 0.3) is 5.91 Å². The number of carbonyl (C=O) groups is 2. The summed E-state index contributed by atoms with van der Waals surface area (Å²) in [7, 11) is 0. The number of aryl methyl sites for hydroxylation is 1. The third kappa shape index (κ3) is 3.90. The number of hydrogen-bond donors (Lipinski definition) is 1. The van der Waals surface area contributed by atoms with E-state index in [2.05, 4.69) is 10.4 Å². The molecule has 2 heterocycles. The average Bonchev–Trinajstić information content (AvgIpc) is 3.22. The molecule has 3 rings (SSSR count). The fourth-order valence-corrected chi connectivity index (χ4v) is 3.12. The van der Waals surface area contributed by atoms with Crippen LogP contribution in [0.1, 0.15) is 37.0 Å². The number of rotatable bonds is 6. The molecule has 0 aliphatic carbocycles. The standard InChI is InChI=1S/C19H24N4O2/c1-3-9-22-13-17(10-18(22)24)21-19(25)15-7-5-14(6-8-15)16-11-20-23(4-2)12-16/h5-8,11-12,17H,3-4,9-10,13H2,1-2H3,(H,21,25)/t17-/m1/s1. The van der Waals surface area contributed by atoms with Gasteiger partial charge in [0.1, 0.15) is 0 Å². The van der Waals surface area contributed by atoms with Gasteiger partial charge in [0.2, 0.25) is 5.91 Å². The lowest BCUT2D eigenvalue weighted by atomic mass is 10.1. The van der Waals surface area contributed by atoms with Gasteiger partial charge in [0, 0.05) is 43.4 Å². The first-order valence-corrected chi connectivity index (χ1v) is 8.82. The molecule has 2 aromatic rings. The van der Waals surface area contributed by atoms with Crippen LogP contribution in [0, 0.1) is 0 Å². The Morgan fingerprint density at radius 1 is 1.24 bits per heavy atom. The summed E-state index contributed by atoms with van der Waals surface area (Å²) in [4.78, 5) is 26.1. The van der Waals surface area contributed by atoms with Gasteiger partial charge >= 0.3 is 0 Å². The van der Waals surface area contributed by atoms with Crippen molar-refractivity contribution in [3.8, 4) is 11.1 Å². The molecule has 1 saturated heterocycles. The van der Waals surface area contributed by atoms with E-state index in [0.717, 1.165) is 30.6 Å². The van der Waals surface area contributed by atoms with E-state index in [-0.39, 0.29) is 17.9 Å². The number of hydrogen-bond acceptors (Lipinski definition) is 3. The summed E-state index contributed by atoms with van der Waals surface area (Å²) in [5.41, 5.74) is 2.67. The van der Waals surface area contributed by atoms with Crippen molar-refractivity contribution < 1.29 is 9.59 Å². The summed E-state index contributed by atoms with van der Waals surface area (Å²) >= 11 is 0. The molecule has 0 saturated carbocycles. The number of nitrogens with one attached hydrogen (secondary N) is 1. The Bertz CT molecular complexity index is 751. The minimum Gasteiger partial charge on any atom is -0.347 e. The monoisotopic (exact) mass is 340 g/mol. The Morgan fingerprint density at radius 3 is 2.64 bits per heavy atom. The van der Waals surface area contributed by atoms with Gasteiger partial charge < -0.3 is 10.2 Å². The largest absolute Gasteiger partial charge is 0.347 e. The Kier molecular flexibility index (Phi) is 5.16. The van der Waals surface area contributed by atoms with Crippen LogP contribution in [0.3, 0.4) is 0 Å². The van der Waals surface area contributed by atoms with E-state index in [9.17, 15) is 9.59 Å². The second kappa shape index (κ2) is 7.51. The molecule has 1 N–H and O–H groups in total. The lowest BCUT2D eigenvalue weighted by molar-refractivity contribution is -0.127. The highest BCUT2D eigenvalue weighted by Gasteiger charge is 2.29. The molecule has 1 aromatic carbocycles. The fraction of sp³-hybridized carbons (Fsp3) is 0.421. The van der Waals surface area contributed by atoms with E-state index in [1.165, 1.54) is 0 Å². The summed E-state index contributed by atoms with van der Waals surface area (Å²) in [6, 6.07) is 7.38. The summed E-state index contributed by atoms with van der Waals surface area (Å²) < 4.78 is 1.87. The molecule has 0 unspecified atom stereocenters. The molecule has 6 heteroatoms. The molecule has 25 heavy (non-hydrogen) atoms.